The largest absolute Gasteiger partial charge is 0.445 e. The van der Waals surface area contributed by atoms with Gasteiger partial charge in [-0.15, -0.1) is 10.2 Å². The maximum absolute atomic E-state index is 12.2. The molecule has 1 rings (SSSR count). The van der Waals surface area contributed by atoms with Crippen LogP contribution in [0.15, 0.2) is 0 Å². The van der Waals surface area contributed by atoms with E-state index >= 15 is 0 Å². The standard InChI is InChI=1S/C10H16F3N3OS/c1-7(2)6-17-5-3-4-14-9-16-15-8(18-9)10(11,12)13/h7H,3-6H2,1-2H3,(H,14,16). The van der Waals surface area contributed by atoms with E-state index in [9.17, 15) is 13.2 Å². The molecule has 1 aromatic heterocycles. The van der Waals surface area contributed by atoms with Gasteiger partial charge in [-0.05, 0) is 12.3 Å². The van der Waals surface area contributed by atoms with Crippen molar-refractivity contribution in [2.75, 3.05) is 25.1 Å². The smallest absolute Gasteiger partial charge is 0.381 e. The number of hydrogen-bond acceptors (Lipinski definition) is 5. The van der Waals surface area contributed by atoms with Crippen LogP contribution in [0.2, 0.25) is 0 Å². The molecule has 0 fully saturated rings. The Morgan fingerprint density at radius 2 is 2.06 bits per heavy atom. The monoisotopic (exact) mass is 283 g/mol. The first-order chi connectivity index (χ1) is 8.39. The van der Waals surface area contributed by atoms with Gasteiger partial charge >= 0.3 is 6.18 Å². The first kappa shape index (κ1) is 15.2. The van der Waals surface area contributed by atoms with Gasteiger partial charge in [-0.2, -0.15) is 13.2 Å². The number of hydrogen-bond donors (Lipinski definition) is 1. The zero-order valence-corrected chi connectivity index (χ0v) is 11.1. The zero-order valence-electron chi connectivity index (χ0n) is 10.3. The third-order valence-corrected chi connectivity index (χ3v) is 2.79. The van der Waals surface area contributed by atoms with E-state index in [0.717, 1.165) is 0 Å². The highest BCUT2D eigenvalue weighted by Crippen LogP contribution is 2.32. The summed E-state index contributed by atoms with van der Waals surface area (Å²) in [4.78, 5) is 0. The lowest BCUT2D eigenvalue weighted by atomic mass is 10.2. The number of nitrogens with zero attached hydrogens (tertiary/aromatic N) is 2. The van der Waals surface area contributed by atoms with Gasteiger partial charge in [-0.25, -0.2) is 0 Å². The van der Waals surface area contributed by atoms with Crippen molar-refractivity contribution in [3.63, 3.8) is 0 Å². The number of rotatable bonds is 7. The molecule has 0 aliphatic heterocycles. The molecule has 4 nitrogen and oxygen atoms in total. The van der Waals surface area contributed by atoms with Crippen LogP contribution >= 0.6 is 11.3 Å². The molecule has 0 amide bonds. The molecule has 0 spiro atoms. The molecule has 1 heterocycles. The van der Waals surface area contributed by atoms with E-state index in [1.807, 2.05) is 0 Å². The predicted molar refractivity (Wildman–Crippen MR) is 63.7 cm³/mol. The Bertz CT molecular complexity index is 354. The zero-order chi connectivity index (χ0) is 13.6. The summed E-state index contributed by atoms with van der Waals surface area (Å²) in [6, 6.07) is 0. The minimum Gasteiger partial charge on any atom is -0.381 e. The first-order valence-electron chi connectivity index (χ1n) is 5.62. The molecular weight excluding hydrogens is 267 g/mol. The lowest BCUT2D eigenvalue weighted by Gasteiger charge is -2.06. The van der Waals surface area contributed by atoms with Crippen LogP contribution in [0.1, 0.15) is 25.3 Å². The van der Waals surface area contributed by atoms with Crippen molar-refractivity contribution in [3.8, 4) is 0 Å². The van der Waals surface area contributed by atoms with Gasteiger partial charge in [-0.1, -0.05) is 25.2 Å². The fourth-order valence-electron chi connectivity index (χ4n) is 1.10. The summed E-state index contributed by atoms with van der Waals surface area (Å²) in [7, 11) is 0. The molecule has 0 bridgehead atoms. The van der Waals surface area contributed by atoms with Gasteiger partial charge in [0.05, 0.1) is 0 Å². The van der Waals surface area contributed by atoms with Gasteiger partial charge in [0.25, 0.3) is 0 Å². The molecule has 0 unspecified atom stereocenters. The molecule has 0 radical (unpaired) electrons. The molecule has 0 saturated heterocycles. The Hall–Kier alpha value is -0.890. The highest BCUT2D eigenvalue weighted by atomic mass is 32.1. The number of anilines is 1. The van der Waals surface area contributed by atoms with Crippen LogP contribution in [0.4, 0.5) is 18.3 Å². The molecule has 18 heavy (non-hydrogen) atoms. The number of alkyl halides is 3. The fraction of sp³-hybridized carbons (Fsp3) is 0.800. The number of aromatic nitrogens is 2. The van der Waals surface area contributed by atoms with Crippen LogP contribution in [-0.2, 0) is 10.9 Å². The van der Waals surface area contributed by atoms with Crippen molar-refractivity contribution in [3.05, 3.63) is 5.01 Å². The van der Waals surface area contributed by atoms with E-state index in [2.05, 4.69) is 29.4 Å². The van der Waals surface area contributed by atoms with Gasteiger partial charge in [0, 0.05) is 19.8 Å². The number of nitrogens with one attached hydrogen (secondary N) is 1. The number of halogens is 3. The second kappa shape index (κ2) is 6.89. The van der Waals surface area contributed by atoms with Crippen molar-refractivity contribution in [1.82, 2.24) is 10.2 Å². The van der Waals surface area contributed by atoms with E-state index in [1.54, 1.807) is 0 Å². The average molecular weight is 283 g/mol. The van der Waals surface area contributed by atoms with E-state index in [0.29, 0.717) is 43.4 Å². The summed E-state index contributed by atoms with van der Waals surface area (Å²) in [6.45, 7) is 5.90. The molecule has 0 aliphatic carbocycles. The van der Waals surface area contributed by atoms with Crippen LogP contribution in [0, 0.1) is 5.92 Å². The van der Waals surface area contributed by atoms with E-state index < -0.39 is 11.2 Å². The van der Waals surface area contributed by atoms with Gasteiger partial charge in [-0.3, -0.25) is 0 Å². The van der Waals surface area contributed by atoms with Crippen LogP contribution in [0.5, 0.6) is 0 Å². The van der Waals surface area contributed by atoms with Crippen LogP contribution < -0.4 is 5.32 Å². The minimum atomic E-state index is -4.42. The Kier molecular flexibility index (Phi) is 5.80. The Morgan fingerprint density at radius 1 is 1.33 bits per heavy atom. The lowest BCUT2D eigenvalue weighted by molar-refractivity contribution is -0.138. The maximum atomic E-state index is 12.2. The van der Waals surface area contributed by atoms with Crippen molar-refractivity contribution >= 4 is 16.5 Å². The fourth-order valence-corrected chi connectivity index (χ4v) is 1.73. The van der Waals surface area contributed by atoms with Gasteiger partial charge < -0.3 is 10.1 Å². The summed E-state index contributed by atoms with van der Waals surface area (Å²) in [5, 5.41) is 8.55. The Balaban J connectivity index is 2.18. The Labute approximate surface area is 108 Å². The third kappa shape index (κ3) is 5.63. The molecule has 0 aromatic carbocycles. The molecule has 0 aliphatic rings. The highest BCUT2D eigenvalue weighted by Gasteiger charge is 2.35. The molecule has 0 atom stereocenters. The van der Waals surface area contributed by atoms with Crippen molar-refractivity contribution in [2.45, 2.75) is 26.4 Å². The number of ether oxygens (including phenoxy) is 1. The van der Waals surface area contributed by atoms with Crippen molar-refractivity contribution in [2.24, 2.45) is 5.92 Å². The summed E-state index contributed by atoms with van der Waals surface area (Å²) in [5.74, 6) is 0.482. The molecule has 0 saturated carbocycles. The van der Waals surface area contributed by atoms with Gasteiger partial charge in [0.2, 0.25) is 10.1 Å². The van der Waals surface area contributed by atoms with Gasteiger partial charge in [0.15, 0.2) is 0 Å². The molecule has 104 valence electrons. The highest BCUT2D eigenvalue weighted by molar-refractivity contribution is 7.15. The summed E-state index contributed by atoms with van der Waals surface area (Å²) >= 11 is 0.509. The van der Waals surface area contributed by atoms with E-state index in [1.165, 1.54) is 0 Å². The second-order valence-electron chi connectivity index (χ2n) is 4.16. The first-order valence-corrected chi connectivity index (χ1v) is 6.43. The quantitative estimate of drug-likeness (QED) is 0.781. The van der Waals surface area contributed by atoms with Crippen LogP contribution in [0.25, 0.3) is 0 Å². The Morgan fingerprint density at radius 3 is 2.61 bits per heavy atom. The summed E-state index contributed by atoms with van der Waals surface area (Å²) < 4.78 is 42.0. The second-order valence-corrected chi connectivity index (χ2v) is 5.14. The lowest BCUT2D eigenvalue weighted by Crippen LogP contribution is -2.08. The normalized spacial score (nSPS) is 12.1. The topological polar surface area (TPSA) is 47.0 Å². The minimum absolute atomic E-state index is 0.186. The molecule has 1 N–H and O–H groups in total. The molecule has 8 heteroatoms. The van der Waals surface area contributed by atoms with Crippen molar-refractivity contribution in [1.29, 1.82) is 0 Å². The summed E-state index contributed by atoms with van der Waals surface area (Å²) in [6.07, 6.45) is -3.70. The SMILES string of the molecule is CC(C)COCCCNc1nnc(C(F)(F)F)s1. The molecular formula is C10H16F3N3OS. The average Bonchev–Trinajstić information content (AvgIpc) is 2.71. The maximum Gasteiger partial charge on any atom is 0.445 e. The van der Waals surface area contributed by atoms with E-state index in [-0.39, 0.29) is 5.13 Å². The van der Waals surface area contributed by atoms with Crippen LogP contribution in [0.3, 0.4) is 0 Å². The van der Waals surface area contributed by atoms with Crippen molar-refractivity contribution < 1.29 is 17.9 Å². The van der Waals surface area contributed by atoms with Gasteiger partial charge in [0.1, 0.15) is 0 Å². The molecule has 1 aromatic rings. The third-order valence-electron chi connectivity index (χ3n) is 1.86. The van der Waals surface area contributed by atoms with E-state index in [4.69, 9.17) is 4.74 Å². The predicted octanol–water partition coefficient (Wildman–Crippen LogP) is 3.03. The van der Waals surface area contributed by atoms with Crippen LogP contribution in [-0.4, -0.2) is 30.0 Å². The summed E-state index contributed by atoms with van der Waals surface area (Å²) in [5.41, 5.74) is 0.